The Hall–Kier alpha value is -1.96. The summed E-state index contributed by atoms with van der Waals surface area (Å²) in [5.74, 6) is 0. The third-order valence-corrected chi connectivity index (χ3v) is 3.68. The number of fused-ring (bicyclic) bond motifs is 1. The Morgan fingerprint density at radius 2 is 2.16 bits per heavy atom. The zero-order valence-corrected chi connectivity index (χ0v) is 11.4. The van der Waals surface area contributed by atoms with Gasteiger partial charge in [-0.1, -0.05) is 12.6 Å². The van der Waals surface area contributed by atoms with Crippen LogP contribution in [0.2, 0.25) is 0 Å². The summed E-state index contributed by atoms with van der Waals surface area (Å²) in [5, 5.41) is 0. The van der Waals surface area contributed by atoms with Crippen molar-refractivity contribution in [3.63, 3.8) is 0 Å². The predicted octanol–water partition coefficient (Wildman–Crippen LogP) is 2.85. The third kappa shape index (κ3) is 2.58. The van der Waals surface area contributed by atoms with Crippen molar-refractivity contribution in [2.24, 2.45) is 7.05 Å². The Morgan fingerprint density at radius 3 is 3.00 bits per heavy atom. The highest BCUT2D eigenvalue weighted by atomic mass is 14.9. The first-order valence-electron chi connectivity index (χ1n) is 6.83. The highest BCUT2D eigenvalue weighted by Gasteiger charge is 2.14. The number of hydrogen-bond acceptors (Lipinski definition) is 1. The summed E-state index contributed by atoms with van der Waals surface area (Å²) in [6, 6.07) is 8.61. The lowest BCUT2D eigenvalue weighted by atomic mass is 9.92. The molecule has 0 bridgehead atoms. The normalized spacial score (nSPS) is 14.3. The number of aromatic nitrogens is 2. The number of allylic oxidation sites excluding steroid dienone is 1. The van der Waals surface area contributed by atoms with Gasteiger partial charge in [0.05, 0.1) is 5.69 Å². The fourth-order valence-corrected chi connectivity index (χ4v) is 2.71. The van der Waals surface area contributed by atoms with Crippen molar-refractivity contribution >= 4 is 5.57 Å². The molecule has 0 amide bonds. The zero-order chi connectivity index (χ0) is 13.2. The van der Waals surface area contributed by atoms with Gasteiger partial charge in [0.2, 0.25) is 0 Å². The average molecular weight is 251 g/mol. The standard InChI is InChI=1S/C17H19N2/c1-13-5-3-7-15-8-9-16(18-17(13)15)11-14-6-4-10-19(2)12-14/h4,6,8-10,12H,1,3,5,7,11H2,2H3/q+1. The summed E-state index contributed by atoms with van der Waals surface area (Å²) in [5.41, 5.74) is 6.12. The molecule has 0 unspecified atom stereocenters. The van der Waals surface area contributed by atoms with E-state index in [1.165, 1.54) is 23.1 Å². The second-order valence-electron chi connectivity index (χ2n) is 5.32. The zero-order valence-electron chi connectivity index (χ0n) is 11.4. The van der Waals surface area contributed by atoms with Crippen LogP contribution in [0, 0.1) is 0 Å². The maximum absolute atomic E-state index is 4.81. The van der Waals surface area contributed by atoms with Crippen molar-refractivity contribution < 1.29 is 4.57 Å². The van der Waals surface area contributed by atoms with Crippen LogP contribution < -0.4 is 4.57 Å². The van der Waals surface area contributed by atoms with E-state index in [2.05, 4.69) is 41.6 Å². The molecule has 2 heterocycles. The van der Waals surface area contributed by atoms with Crippen LogP contribution in [-0.2, 0) is 19.9 Å². The van der Waals surface area contributed by atoms with Crippen LogP contribution in [0.3, 0.4) is 0 Å². The van der Waals surface area contributed by atoms with E-state index in [1.807, 2.05) is 13.2 Å². The number of aryl methyl sites for hydroxylation is 2. The van der Waals surface area contributed by atoms with Gasteiger partial charge in [0, 0.05) is 23.7 Å². The lowest BCUT2D eigenvalue weighted by Crippen LogP contribution is -2.26. The molecule has 0 aromatic carbocycles. The summed E-state index contributed by atoms with van der Waals surface area (Å²) < 4.78 is 2.08. The highest BCUT2D eigenvalue weighted by molar-refractivity contribution is 5.64. The molecule has 2 heteroatoms. The second kappa shape index (κ2) is 4.96. The molecule has 2 nitrogen and oxygen atoms in total. The minimum absolute atomic E-state index is 0.884. The van der Waals surface area contributed by atoms with Gasteiger partial charge in [0.15, 0.2) is 12.4 Å². The van der Waals surface area contributed by atoms with Gasteiger partial charge in [-0.15, -0.1) is 0 Å². The van der Waals surface area contributed by atoms with Crippen LogP contribution in [-0.4, -0.2) is 4.98 Å². The van der Waals surface area contributed by atoms with Crippen LogP contribution in [0.4, 0.5) is 0 Å². The molecule has 3 rings (SSSR count). The van der Waals surface area contributed by atoms with Crippen molar-refractivity contribution in [3.8, 4) is 0 Å². The smallest absolute Gasteiger partial charge is 0.172 e. The van der Waals surface area contributed by atoms with E-state index in [0.717, 1.165) is 30.7 Å². The lowest BCUT2D eigenvalue weighted by Gasteiger charge is -2.17. The quantitative estimate of drug-likeness (QED) is 0.750. The van der Waals surface area contributed by atoms with Crippen LogP contribution in [0.1, 0.15) is 35.4 Å². The van der Waals surface area contributed by atoms with Gasteiger partial charge < -0.3 is 0 Å². The first kappa shape index (κ1) is 12.1. The molecule has 0 aliphatic heterocycles. The van der Waals surface area contributed by atoms with E-state index in [1.54, 1.807) is 0 Å². The number of nitrogens with zero attached hydrogens (tertiary/aromatic N) is 2. The molecule has 0 atom stereocenters. The van der Waals surface area contributed by atoms with Crippen molar-refractivity contribution in [3.05, 3.63) is 65.8 Å². The molecule has 0 spiro atoms. The summed E-state index contributed by atoms with van der Waals surface area (Å²) in [6.45, 7) is 4.15. The summed E-state index contributed by atoms with van der Waals surface area (Å²) >= 11 is 0. The fourth-order valence-electron chi connectivity index (χ4n) is 2.71. The van der Waals surface area contributed by atoms with Gasteiger partial charge in [-0.05, 0) is 42.5 Å². The molecule has 96 valence electrons. The van der Waals surface area contributed by atoms with Gasteiger partial charge in [-0.25, -0.2) is 4.57 Å². The average Bonchev–Trinajstić information content (AvgIpc) is 2.40. The van der Waals surface area contributed by atoms with Crippen molar-refractivity contribution in [2.75, 3.05) is 0 Å². The first-order chi connectivity index (χ1) is 9.22. The Balaban J connectivity index is 1.90. The molecular formula is C17H19N2+. The number of rotatable bonds is 2. The maximum atomic E-state index is 4.81. The topological polar surface area (TPSA) is 16.8 Å². The van der Waals surface area contributed by atoms with Gasteiger partial charge in [-0.3, -0.25) is 4.98 Å². The van der Waals surface area contributed by atoms with Gasteiger partial charge in [0.1, 0.15) is 7.05 Å². The predicted molar refractivity (Wildman–Crippen MR) is 76.6 cm³/mol. The second-order valence-corrected chi connectivity index (χ2v) is 5.32. The van der Waals surface area contributed by atoms with Crippen molar-refractivity contribution in [2.45, 2.75) is 25.7 Å². The highest BCUT2D eigenvalue weighted by Crippen LogP contribution is 2.28. The minimum atomic E-state index is 0.884. The molecule has 2 aromatic rings. The SMILES string of the molecule is C=C1CCCc2ccc(Cc3ccc[n+](C)c3)nc21. The van der Waals surface area contributed by atoms with Crippen molar-refractivity contribution in [1.29, 1.82) is 0 Å². The summed E-state index contributed by atoms with van der Waals surface area (Å²) in [4.78, 5) is 4.81. The molecule has 0 radical (unpaired) electrons. The molecule has 0 fully saturated rings. The maximum Gasteiger partial charge on any atom is 0.172 e. The van der Waals surface area contributed by atoms with Gasteiger partial charge in [-0.2, -0.15) is 0 Å². The molecule has 1 aliphatic rings. The Bertz CT molecular complexity index is 629. The van der Waals surface area contributed by atoms with E-state index in [9.17, 15) is 0 Å². The van der Waals surface area contributed by atoms with Crippen LogP contribution in [0.5, 0.6) is 0 Å². The summed E-state index contributed by atoms with van der Waals surface area (Å²) in [6.07, 6.45) is 8.52. The van der Waals surface area contributed by atoms with E-state index < -0.39 is 0 Å². The molecule has 19 heavy (non-hydrogen) atoms. The lowest BCUT2D eigenvalue weighted by molar-refractivity contribution is -0.671. The Morgan fingerprint density at radius 1 is 1.26 bits per heavy atom. The van der Waals surface area contributed by atoms with Gasteiger partial charge >= 0.3 is 0 Å². The van der Waals surface area contributed by atoms with E-state index in [-0.39, 0.29) is 0 Å². The monoisotopic (exact) mass is 251 g/mol. The first-order valence-corrected chi connectivity index (χ1v) is 6.83. The molecular weight excluding hydrogens is 232 g/mol. The van der Waals surface area contributed by atoms with E-state index in [0.29, 0.717) is 0 Å². The Labute approximate surface area is 114 Å². The third-order valence-electron chi connectivity index (χ3n) is 3.68. The molecule has 1 aliphatic carbocycles. The Kier molecular flexibility index (Phi) is 3.16. The van der Waals surface area contributed by atoms with Gasteiger partial charge in [0.25, 0.3) is 0 Å². The van der Waals surface area contributed by atoms with Crippen LogP contribution in [0.15, 0.2) is 43.2 Å². The number of pyridine rings is 2. The largest absolute Gasteiger partial charge is 0.253 e. The molecule has 2 aromatic heterocycles. The van der Waals surface area contributed by atoms with Crippen LogP contribution in [0.25, 0.3) is 5.57 Å². The van der Waals surface area contributed by atoms with Crippen molar-refractivity contribution in [1.82, 2.24) is 4.98 Å². The van der Waals surface area contributed by atoms with Crippen LogP contribution >= 0.6 is 0 Å². The minimum Gasteiger partial charge on any atom is -0.253 e. The van der Waals surface area contributed by atoms with E-state index >= 15 is 0 Å². The molecule has 0 N–H and O–H groups in total. The summed E-state index contributed by atoms with van der Waals surface area (Å²) in [7, 11) is 2.05. The molecule has 0 saturated heterocycles. The molecule has 0 saturated carbocycles. The van der Waals surface area contributed by atoms with E-state index in [4.69, 9.17) is 4.98 Å². The number of hydrogen-bond donors (Lipinski definition) is 0. The fraction of sp³-hybridized carbons (Fsp3) is 0.294.